The number of ether oxygens (including phenoxy) is 2. The fourth-order valence-corrected chi connectivity index (χ4v) is 4.04. The molecule has 28 heavy (non-hydrogen) atoms. The second kappa shape index (κ2) is 10.0. The van der Waals surface area contributed by atoms with E-state index in [9.17, 15) is 9.59 Å². The van der Waals surface area contributed by atoms with Crippen molar-refractivity contribution in [3.63, 3.8) is 0 Å². The third kappa shape index (κ3) is 5.10. The smallest absolute Gasteiger partial charge is 0.226 e. The van der Waals surface area contributed by atoms with Crippen LogP contribution >= 0.6 is 0 Å². The van der Waals surface area contributed by atoms with E-state index in [2.05, 4.69) is 16.3 Å². The standard InChI is InChI=1S/C21H31N3O4/c1-16-4-3-5-17(14-16)20-18(15-19(25)24(20)10-11-27-2)21(26)22-6-7-23-8-12-28-13-9-23/h3-5,14,18,20H,6-13,15H2,1-2H3,(H,22,26)/t18-,20+/m1/s1. The van der Waals surface area contributed by atoms with E-state index in [1.54, 1.807) is 12.0 Å². The summed E-state index contributed by atoms with van der Waals surface area (Å²) in [7, 11) is 1.62. The first-order valence-electron chi connectivity index (χ1n) is 10.0. The molecule has 1 aromatic carbocycles. The van der Waals surface area contributed by atoms with Crippen molar-refractivity contribution in [1.29, 1.82) is 0 Å². The zero-order chi connectivity index (χ0) is 19.9. The van der Waals surface area contributed by atoms with Crippen molar-refractivity contribution in [3.05, 3.63) is 35.4 Å². The van der Waals surface area contributed by atoms with Gasteiger partial charge in [0, 0.05) is 46.3 Å². The molecule has 7 heteroatoms. The van der Waals surface area contributed by atoms with E-state index >= 15 is 0 Å². The van der Waals surface area contributed by atoms with Gasteiger partial charge in [-0.25, -0.2) is 0 Å². The lowest BCUT2D eigenvalue weighted by atomic mass is 9.92. The minimum Gasteiger partial charge on any atom is -0.383 e. The minimum atomic E-state index is -0.379. The lowest BCUT2D eigenvalue weighted by Gasteiger charge is -2.29. The van der Waals surface area contributed by atoms with Crippen molar-refractivity contribution in [3.8, 4) is 0 Å². The van der Waals surface area contributed by atoms with Gasteiger partial charge in [-0.1, -0.05) is 29.8 Å². The number of carbonyl (C=O) groups is 2. The van der Waals surface area contributed by atoms with Gasteiger partial charge in [0.05, 0.1) is 31.8 Å². The summed E-state index contributed by atoms with van der Waals surface area (Å²) in [6, 6.07) is 7.83. The highest BCUT2D eigenvalue weighted by molar-refractivity contribution is 5.90. The van der Waals surface area contributed by atoms with Crippen LogP contribution < -0.4 is 5.32 Å². The monoisotopic (exact) mass is 389 g/mol. The third-order valence-corrected chi connectivity index (χ3v) is 5.52. The van der Waals surface area contributed by atoms with Gasteiger partial charge in [-0.3, -0.25) is 14.5 Å². The molecule has 0 aliphatic carbocycles. The first kappa shape index (κ1) is 20.8. The van der Waals surface area contributed by atoms with Gasteiger partial charge in [0.1, 0.15) is 0 Å². The molecule has 2 heterocycles. The maximum absolute atomic E-state index is 13.0. The van der Waals surface area contributed by atoms with E-state index in [0.717, 1.165) is 44.0 Å². The van der Waals surface area contributed by atoms with Gasteiger partial charge in [-0.05, 0) is 12.5 Å². The Labute approximate surface area is 167 Å². The number of aryl methyl sites for hydroxylation is 1. The Bertz CT molecular complexity index is 675. The van der Waals surface area contributed by atoms with Crippen molar-refractivity contribution in [1.82, 2.24) is 15.1 Å². The van der Waals surface area contributed by atoms with Gasteiger partial charge in [0.25, 0.3) is 0 Å². The predicted octanol–water partition coefficient (Wildman–Crippen LogP) is 0.979. The van der Waals surface area contributed by atoms with Gasteiger partial charge in [0.15, 0.2) is 0 Å². The van der Waals surface area contributed by atoms with E-state index in [1.165, 1.54) is 0 Å². The molecule has 0 bridgehead atoms. The van der Waals surface area contributed by atoms with E-state index in [4.69, 9.17) is 9.47 Å². The molecule has 0 saturated carbocycles. The summed E-state index contributed by atoms with van der Waals surface area (Å²) in [6.07, 6.45) is 0.242. The highest BCUT2D eigenvalue weighted by Gasteiger charge is 2.44. The maximum Gasteiger partial charge on any atom is 0.226 e. The summed E-state index contributed by atoms with van der Waals surface area (Å²) < 4.78 is 10.5. The number of benzene rings is 1. The molecule has 2 saturated heterocycles. The maximum atomic E-state index is 13.0. The van der Waals surface area contributed by atoms with Gasteiger partial charge >= 0.3 is 0 Å². The van der Waals surface area contributed by atoms with Crippen molar-refractivity contribution < 1.29 is 19.1 Å². The molecule has 0 spiro atoms. The predicted molar refractivity (Wildman–Crippen MR) is 106 cm³/mol. The highest BCUT2D eigenvalue weighted by Crippen LogP contribution is 2.38. The van der Waals surface area contributed by atoms with Gasteiger partial charge in [-0.15, -0.1) is 0 Å². The quantitative estimate of drug-likeness (QED) is 0.718. The van der Waals surface area contributed by atoms with Crippen LogP contribution in [0.5, 0.6) is 0 Å². The SMILES string of the molecule is COCCN1C(=O)C[C@@H](C(=O)NCCN2CCOCC2)[C@@H]1c1cccc(C)c1. The fourth-order valence-electron chi connectivity index (χ4n) is 4.04. The van der Waals surface area contributed by atoms with Crippen LogP contribution in [0.15, 0.2) is 24.3 Å². The van der Waals surface area contributed by atoms with E-state index in [-0.39, 0.29) is 30.2 Å². The Morgan fingerprint density at radius 2 is 2.07 bits per heavy atom. The lowest BCUT2D eigenvalue weighted by molar-refractivity contribution is -0.129. The van der Waals surface area contributed by atoms with Crippen molar-refractivity contribution in [2.45, 2.75) is 19.4 Å². The van der Waals surface area contributed by atoms with E-state index < -0.39 is 0 Å². The van der Waals surface area contributed by atoms with Crippen LogP contribution in [0.25, 0.3) is 0 Å². The number of hydrogen-bond acceptors (Lipinski definition) is 5. The number of nitrogens with one attached hydrogen (secondary N) is 1. The Morgan fingerprint density at radius 1 is 1.29 bits per heavy atom. The molecule has 0 aromatic heterocycles. The largest absolute Gasteiger partial charge is 0.383 e. The van der Waals surface area contributed by atoms with Crippen LogP contribution in [0.3, 0.4) is 0 Å². The molecule has 2 aliphatic heterocycles. The van der Waals surface area contributed by atoms with E-state index in [0.29, 0.717) is 19.7 Å². The molecular weight excluding hydrogens is 358 g/mol. The molecule has 0 radical (unpaired) electrons. The number of likely N-dealkylation sites (tertiary alicyclic amines) is 1. The molecule has 2 atom stereocenters. The van der Waals surface area contributed by atoms with Gasteiger partial charge in [-0.2, -0.15) is 0 Å². The summed E-state index contributed by atoms with van der Waals surface area (Å²) in [5, 5.41) is 3.05. The molecule has 0 unspecified atom stereocenters. The average molecular weight is 389 g/mol. The van der Waals surface area contributed by atoms with Crippen molar-refractivity contribution in [2.24, 2.45) is 5.92 Å². The van der Waals surface area contributed by atoms with Gasteiger partial charge in [0.2, 0.25) is 11.8 Å². The van der Waals surface area contributed by atoms with Crippen molar-refractivity contribution >= 4 is 11.8 Å². The molecule has 154 valence electrons. The Morgan fingerprint density at radius 3 is 2.79 bits per heavy atom. The lowest BCUT2D eigenvalue weighted by Crippen LogP contribution is -2.43. The highest BCUT2D eigenvalue weighted by atomic mass is 16.5. The first-order valence-corrected chi connectivity index (χ1v) is 10.0. The number of methoxy groups -OCH3 is 1. The van der Waals surface area contributed by atoms with Crippen LogP contribution in [0.2, 0.25) is 0 Å². The summed E-state index contributed by atoms with van der Waals surface area (Å²) in [5.41, 5.74) is 2.13. The summed E-state index contributed by atoms with van der Waals surface area (Å²) in [4.78, 5) is 29.7. The molecule has 2 fully saturated rings. The fraction of sp³-hybridized carbons (Fsp3) is 0.619. The normalized spacial score (nSPS) is 23.2. The van der Waals surface area contributed by atoms with Crippen molar-refractivity contribution in [2.75, 3.05) is 59.7 Å². The molecular formula is C21H31N3O4. The van der Waals surface area contributed by atoms with E-state index in [1.807, 2.05) is 25.1 Å². The zero-order valence-corrected chi connectivity index (χ0v) is 16.9. The third-order valence-electron chi connectivity index (χ3n) is 5.52. The number of rotatable bonds is 8. The number of morpholine rings is 1. The molecule has 1 N–H and O–H groups in total. The molecule has 2 amide bonds. The molecule has 3 rings (SSSR count). The van der Waals surface area contributed by atoms with Crippen LogP contribution in [-0.4, -0.2) is 81.3 Å². The molecule has 7 nitrogen and oxygen atoms in total. The first-order chi connectivity index (χ1) is 13.6. The zero-order valence-electron chi connectivity index (χ0n) is 16.9. The summed E-state index contributed by atoms with van der Waals surface area (Å²) in [5.74, 6) is -0.416. The second-order valence-electron chi connectivity index (χ2n) is 7.49. The minimum absolute atomic E-state index is 0.0110. The number of hydrogen-bond donors (Lipinski definition) is 1. The Hall–Kier alpha value is -1.96. The second-order valence-corrected chi connectivity index (χ2v) is 7.49. The summed E-state index contributed by atoms with van der Waals surface area (Å²) >= 11 is 0. The molecule has 1 aromatic rings. The Balaban J connectivity index is 1.67. The topological polar surface area (TPSA) is 71.1 Å². The van der Waals surface area contributed by atoms with Crippen LogP contribution in [0, 0.1) is 12.8 Å². The number of nitrogens with zero attached hydrogens (tertiary/aromatic N) is 2. The average Bonchev–Trinajstić information content (AvgIpc) is 3.03. The number of carbonyl (C=O) groups excluding carboxylic acids is 2. The number of amides is 2. The van der Waals surface area contributed by atoms with Crippen LogP contribution in [0.4, 0.5) is 0 Å². The van der Waals surface area contributed by atoms with Crippen LogP contribution in [0.1, 0.15) is 23.6 Å². The van der Waals surface area contributed by atoms with Gasteiger partial charge < -0.3 is 19.7 Å². The summed E-state index contributed by atoms with van der Waals surface area (Å²) in [6.45, 7) is 7.65. The van der Waals surface area contributed by atoms with Crippen LogP contribution in [-0.2, 0) is 19.1 Å². The molecule has 2 aliphatic rings. The Kier molecular flexibility index (Phi) is 7.42.